The zero-order valence-corrected chi connectivity index (χ0v) is 85.1. The first-order chi connectivity index (χ1) is 82.9. The molecule has 0 amide bonds. The second kappa shape index (κ2) is 50.0. The standard InChI is InChI=1S/3C20H29NO3.3C19H27NO3/c3*1-5-13(2)8-15-12-21-7-6-14-9-19(23-3)20(24-4)10-16(14)17(21)11-18(15)22;3*1-12(2)7-14-11-20-6-5-13-8-18(22-3)19(23-4)9-15(13)16(20)10-17(14)21/h3*9-10,13,15,17H,5-8,11-12H2,1-4H3;3*8-9,12,14,16H,5-7,10-11H2,1-4H3/i2D3,5D2,8D2,11D2,13D,15D;2D3,5D2,8D2,12D2,13D;2D3,5D2,8D2,13D;10D2,11D2,14D;10D2,11D2;10D2. The summed E-state index contributed by atoms with van der Waals surface area (Å²) in [6.07, 6.45) is -24.0. The minimum Gasteiger partial charge on any atom is -0.493 e. The molecule has 0 saturated carbocycles. The maximum absolute atomic E-state index is 13.6. The number of nitrogens with zero attached hydrogens (tertiary/aromatic N) is 6. The summed E-state index contributed by atoms with van der Waals surface area (Å²) in [5, 5.41) is 0. The number of fused-ring (bicyclic) bond motifs is 18. The van der Waals surface area contributed by atoms with Gasteiger partial charge in [-0.15, -0.1) is 0 Å². The minimum atomic E-state index is -3.60. The van der Waals surface area contributed by atoms with Crippen LogP contribution in [0.2, 0.25) is 0 Å². The Morgan fingerprint density at radius 2 is 0.546 bits per heavy atom. The SMILES string of the molecule is [2H]C([2H])([2H])C([2H])(C([2H])([2H])C)C([2H])([2H])C1CN2CCc3cc(OC)c(OC)cc3C2CC1=O.[2H]C1([2H])C(=O)C(CC(C)C)C([2H])([2H])N2CCc3cc(OC)c(OC)cc3C21.[2H]C1([2H])C(=O)C(CC(C)C)CN2CCc3cc(OC)c(OC)cc3C21.[2H]C1([2H])C(=O)C([2H])(C([2H])([2H])C([2H])(C([2H])([2H])[2H])C([2H])([2H])C)CN2CCc3cc(OC)c(OC)cc3C21.[2H]C1([2H])C(=O)C([2H])(CC(C)C)C([2H])([2H])N2CCc3cc(OC)c(OC)cc3C21.[2H]C1([2H])C(C([2H])([2H])C([2H])(C([2H])([2H])[2H])C([2H])([2H])C)C(=O)CC2c3cc(OC)c(OC)cc3CCN21. The Bertz CT molecular complexity index is 7230. The molecule has 0 aromatic heterocycles. The van der Waals surface area contributed by atoms with Gasteiger partial charge in [-0.05, 0) is 252 Å². The summed E-state index contributed by atoms with van der Waals surface area (Å²) in [7, 11) is 18.0. The predicted octanol–water partition coefficient (Wildman–Crippen LogP) is 20.6. The van der Waals surface area contributed by atoms with Crippen LogP contribution < -0.4 is 56.8 Å². The zero-order valence-electron chi connectivity index (χ0n) is 125. The van der Waals surface area contributed by atoms with Gasteiger partial charge in [-0.2, -0.15) is 0 Å². The van der Waals surface area contributed by atoms with Crippen molar-refractivity contribution in [2.45, 2.75) is 253 Å². The molecule has 24 nitrogen and oxygen atoms in total. The first-order valence-electron chi connectivity index (χ1n) is 68.2. The van der Waals surface area contributed by atoms with Crippen molar-refractivity contribution in [3.8, 4) is 69.0 Å². The quantitative estimate of drug-likeness (QED) is 0.0466. The molecule has 18 rings (SSSR count). The average Bonchev–Trinajstić information content (AvgIpc) is 0.678. The maximum atomic E-state index is 13.6. The molecule has 24 heteroatoms. The van der Waals surface area contributed by atoms with Crippen molar-refractivity contribution in [1.29, 1.82) is 0 Å². The highest BCUT2D eigenvalue weighted by Crippen LogP contribution is 2.51. The van der Waals surface area contributed by atoms with E-state index in [2.05, 4.69) is 18.7 Å². The van der Waals surface area contributed by atoms with Gasteiger partial charge in [0, 0.05) is 243 Å². The molecule has 0 bridgehead atoms. The van der Waals surface area contributed by atoms with E-state index < -0.39 is 217 Å². The van der Waals surface area contributed by atoms with Gasteiger partial charge < -0.3 is 56.8 Å². The van der Waals surface area contributed by atoms with Gasteiger partial charge in [0.2, 0.25) is 0 Å². The van der Waals surface area contributed by atoms with Gasteiger partial charge >= 0.3 is 0 Å². The Balaban J connectivity index is 0.000000177. The Morgan fingerprint density at radius 1 is 0.298 bits per heavy atom. The van der Waals surface area contributed by atoms with E-state index >= 15 is 0 Å². The first-order valence-corrected chi connectivity index (χ1v) is 48.2. The number of ketones is 6. The van der Waals surface area contributed by atoms with Gasteiger partial charge in [-0.3, -0.25) is 58.2 Å². The van der Waals surface area contributed by atoms with Crippen molar-refractivity contribution in [3.63, 3.8) is 0 Å². The molecule has 6 fully saturated rings. The first kappa shape index (κ1) is 66.7. The number of benzene rings is 6. The molecular weight excluding hydrogens is 1780 g/mol. The third kappa shape index (κ3) is 25.6. The van der Waals surface area contributed by atoms with Crippen LogP contribution >= 0.6 is 0 Å². The lowest BCUT2D eigenvalue weighted by Gasteiger charge is -2.43. The molecule has 141 heavy (non-hydrogen) atoms. The summed E-state index contributed by atoms with van der Waals surface area (Å²) in [5.41, 5.74) is 9.07. The van der Waals surface area contributed by atoms with Crippen LogP contribution in [-0.4, -0.2) is 228 Å². The molecule has 12 aliphatic rings. The average molecular weight is 1990 g/mol. The summed E-state index contributed by atoms with van der Waals surface area (Å²) >= 11 is 0. The lowest BCUT2D eigenvalue weighted by Crippen LogP contribution is -2.46. The van der Waals surface area contributed by atoms with Crippen LogP contribution in [0.3, 0.4) is 0 Å². The molecule has 12 aliphatic heterocycles. The van der Waals surface area contributed by atoms with E-state index in [0.717, 1.165) is 79.1 Å². The fraction of sp³-hybridized carbons (Fsp3) is 0.641. The Morgan fingerprint density at radius 3 is 0.894 bits per heavy atom. The number of piperidine rings is 6. The van der Waals surface area contributed by atoms with Crippen LogP contribution in [0.15, 0.2) is 72.8 Å². The molecule has 6 aromatic carbocycles. The van der Waals surface area contributed by atoms with Crippen LogP contribution in [-0.2, 0) is 67.3 Å². The largest absolute Gasteiger partial charge is 0.493 e. The van der Waals surface area contributed by atoms with E-state index in [0.29, 0.717) is 161 Å². The van der Waals surface area contributed by atoms with Gasteiger partial charge in [0.15, 0.2) is 69.0 Å². The molecule has 774 valence electrons. The third-order valence-electron chi connectivity index (χ3n) is 27.5. The fourth-order valence-electron chi connectivity index (χ4n) is 20.3. The summed E-state index contributed by atoms with van der Waals surface area (Å²) in [6.45, 7) is -1.29. The molecule has 0 aliphatic carbocycles. The van der Waals surface area contributed by atoms with Gasteiger partial charge in [-0.1, -0.05) is 102 Å². The molecule has 6 saturated heterocycles. The normalized spacial score (nSPS) is 33.9. The molecule has 0 spiro atoms. The Labute approximate surface area is 898 Å². The van der Waals surface area contributed by atoms with Gasteiger partial charge in [0.25, 0.3) is 0 Å². The highest BCUT2D eigenvalue weighted by Gasteiger charge is 2.47. The lowest BCUT2D eigenvalue weighted by molar-refractivity contribution is -0.130. The maximum Gasteiger partial charge on any atom is 0.161 e. The third-order valence-corrected chi connectivity index (χ3v) is 27.5. The second-order valence-electron chi connectivity index (χ2n) is 37.6. The van der Waals surface area contributed by atoms with E-state index in [-0.39, 0.29) is 75.0 Å². The molecular formula is C117H168N6O18. The number of rotatable bonds is 27. The van der Waals surface area contributed by atoms with E-state index in [4.69, 9.17) is 112 Å². The molecule has 15 atom stereocenters. The second-order valence-corrected chi connectivity index (χ2v) is 37.6. The number of carbonyl (C=O) groups is 6. The molecule has 15 unspecified atom stereocenters. The monoisotopic (exact) mass is 1990 g/mol. The Kier molecular flexibility index (Phi) is 23.6. The van der Waals surface area contributed by atoms with E-state index in [1.807, 2.05) is 62.9 Å². The summed E-state index contributed by atoms with van der Waals surface area (Å²) in [4.78, 5) is 88.9. The number of methoxy groups -OCH3 is 12. The molecule has 12 heterocycles. The number of ether oxygens (including phenoxy) is 12. The van der Waals surface area contributed by atoms with Crippen molar-refractivity contribution in [2.24, 2.45) is 70.9 Å². The highest BCUT2D eigenvalue weighted by molar-refractivity contribution is 5.86. The molecule has 6 aromatic rings. The molecule has 0 radical (unpaired) electrons. The highest BCUT2D eigenvalue weighted by atomic mass is 16.5. The van der Waals surface area contributed by atoms with Gasteiger partial charge in [-0.25, -0.2) is 0 Å². The van der Waals surface area contributed by atoms with Crippen LogP contribution in [0.25, 0.3) is 0 Å². The lowest BCUT2D eigenvalue weighted by atomic mass is 9.79. The number of hydrogen-bond donors (Lipinski definition) is 0. The van der Waals surface area contributed by atoms with Crippen LogP contribution in [0.5, 0.6) is 69.0 Å². The smallest absolute Gasteiger partial charge is 0.161 e. The van der Waals surface area contributed by atoms with Crippen LogP contribution in [0.4, 0.5) is 0 Å². The summed E-state index contributed by atoms with van der Waals surface area (Å²) < 4.78 is 398. The minimum absolute atomic E-state index is 0.0413. The van der Waals surface area contributed by atoms with Crippen molar-refractivity contribution < 1.29 is 140 Å². The summed E-state index contributed by atoms with van der Waals surface area (Å²) in [5.74, 6) is -18.8. The number of Topliss-reactive ketones (excluding diaryl/α,β-unsaturated/α-hetero) is 6. The van der Waals surface area contributed by atoms with Crippen molar-refractivity contribution in [2.75, 3.05) is 164 Å². The number of hydrogen-bond acceptors (Lipinski definition) is 24. The van der Waals surface area contributed by atoms with Crippen molar-refractivity contribution in [3.05, 3.63) is 140 Å². The van der Waals surface area contributed by atoms with E-state index in [1.54, 1.807) is 57.7 Å². The topological polar surface area (TPSA) is 233 Å². The van der Waals surface area contributed by atoms with E-state index in [1.165, 1.54) is 89.7 Å². The predicted molar refractivity (Wildman–Crippen MR) is 555 cm³/mol. The Hall–Kier alpha value is -9.30. The fourth-order valence-corrected chi connectivity index (χ4v) is 20.3. The van der Waals surface area contributed by atoms with Gasteiger partial charge in [0.1, 0.15) is 34.7 Å². The van der Waals surface area contributed by atoms with Gasteiger partial charge in [0.05, 0.1) is 85.3 Å². The van der Waals surface area contributed by atoms with E-state index in [9.17, 15) is 28.8 Å². The summed E-state index contributed by atoms with van der Waals surface area (Å²) in [6, 6.07) is 16.0. The van der Waals surface area contributed by atoms with Crippen LogP contribution in [0.1, 0.15) is 337 Å². The van der Waals surface area contributed by atoms with Crippen molar-refractivity contribution >= 4 is 34.7 Å². The molecule has 0 N–H and O–H groups in total. The zero-order chi connectivity index (χ0) is 137. The van der Waals surface area contributed by atoms with Crippen LogP contribution in [0, 0.1) is 70.9 Å². The van der Waals surface area contributed by atoms with Crippen molar-refractivity contribution in [1.82, 2.24) is 29.4 Å². The number of carbonyl (C=O) groups excluding carboxylic acids is 6.